The smallest absolute Gasteiger partial charge is 0.195 e. The predicted octanol–water partition coefficient (Wildman–Crippen LogP) is 3.01. The van der Waals surface area contributed by atoms with Crippen molar-refractivity contribution in [1.82, 2.24) is 9.03 Å². The summed E-state index contributed by atoms with van der Waals surface area (Å²) >= 11 is 3.46. The molecule has 1 aliphatic heterocycles. The van der Waals surface area contributed by atoms with Crippen molar-refractivity contribution in [2.24, 2.45) is 0 Å². The van der Waals surface area contributed by atoms with Gasteiger partial charge in [-0.05, 0) is 25.3 Å². The van der Waals surface area contributed by atoms with E-state index in [1.54, 1.807) is 4.31 Å². The lowest BCUT2D eigenvalue weighted by molar-refractivity contribution is 0.390. The van der Waals surface area contributed by atoms with Crippen LogP contribution in [0.5, 0.6) is 0 Å². The van der Waals surface area contributed by atoms with Crippen molar-refractivity contribution < 1.29 is 8.42 Å². The third-order valence-corrected chi connectivity index (χ3v) is 6.81. The van der Waals surface area contributed by atoms with Gasteiger partial charge in [-0.3, -0.25) is 0 Å². The zero-order chi connectivity index (χ0) is 15.3. The monoisotopic (exact) mass is 374 g/mol. The first kappa shape index (κ1) is 16.9. The van der Waals surface area contributed by atoms with Crippen LogP contribution in [-0.4, -0.2) is 31.1 Å². The predicted molar refractivity (Wildman–Crippen MR) is 89.7 cm³/mol. The molecule has 0 amide bonds. The number of benzene rings is 1. The van der Waals surface area contributed by atoms with Gasteiger partial charge in [-0.25, -0.2) is 0 Å². The largest absolute Gasteiger partial charge is 0.280 e. The second kappa shape index (κ2) is 7.22. The van der Waals surface area contributed by atoms with E-state index in [-0.39, 0.29) is 0 Å². The van der Waals surface area contributed by atoms with Gasteiger partial charge >= 0.3 is 0 Å². The number of hydrogen-bond donors (Lipinski definition) is 1. The zero-order valence-electron chi connectivity index (χ0n) is 12.4. The highest BCUT2D eigenvalue weighted by atomic mass is 79.9. The van der Waals surface area contributed by atoms with E-state index in [0.29, 0.717) is 18.4 Å². The maximum Gasteiger partial charge on any atom is 0.280 e. The molecule has 1 saturated heterocycles. The minimum atomic E-state index is -3.47. The molecule has 4 nitrogen and oxygen atoms in total. The fourth-order valence-electron chi connectivity index (χ4n) is 2.60. The van der Waals surface area contributed by atoms with Crippen molar-refractivity contribution in [3.05, 3.63) is 35.9 Å². The Hall–Kier alpha value is -0.430. The van der Waals surface area contributed by atoms with Crippen LogP contribution in [0.3, 0.4) is 0 Å². The highest BCUT2D eigenvalue weighted by molar-refractivity contribution is 9.09. The van der Waals surface area contributed by atoms with Gasteiger partial charge in [0.25, 0.3) is 10.2 Å². The molecule has 1 atom stereocenters. The highest BCUT2D eigenvalue weighted by Gasteiger charge is 2.34. The Balaban J connectivity index is 2.20. The van der Waals surface area contributed by atoms with Crippen molar-refractivity contribution in [3.63, 3.8) is 0 Å². The van der Waals surface area contributed by atoms with Crippen LogP contribution >= 0.6 is 15.9 Å². The summed E-state index contributed by atoms with van der Waals surface area (Å²) in [6.07, 6.45) is 4.11. The van der Waals surface area contributed by atoms with Crippen molar-refractivity contribution in [2.75, 3.05) is 18.4 Å². The second-order valence-corrected chi connectivity index (χ2v) is 7.98. The Morgan fingerprint density at radius 2 is 1.71 bits per heavy atom. The number of rotatable bonds is 5. The van der Waals surface area contributed by atoms with Gasteiger partial charge in [0.05, 0.1) is 5.54 Å². The molecule has 21 heavy (non-hydrogen) atoms. The number of halogens is 1. The summed E-state index contributed by atoms with van der Waals surface area (Å²) in [4.78, 5) is 0. The van der Waals surface area contributed by atoms with Crippen LogP contribution in [0.2, 0.25) is 0 Å². The van der Waals surface area contributed by atoms with Crippen molar-refractivity contribution in [2.45, 2.75) is 38.1 Å². The van der Waals surface area contributed by atoms with E-state index in [1.807, 2.05) is 37.3 Å². The van der Waals surface area contributed by atoms with E-state index in [9.17, 15) is 8.42 Å². The molecule has 1 aromatic carbocycles. The Labute approximate surface area is 136 Å². The van der Waals surface area contributed by atoms with Crippen LogP contribution in [0.4, 0.5) is 0 Å². The van der Waals surface area contributed by atoms with Gasteiger partial charge < -0.3 is 0 Å². The van der Waals surface area contributed by atoms with Gasteiger partial charge in [0.1, 0.15) is 0 Å². The molecule has 0 saturated carbocycles. The SMILES string of the molecule is CC(CBr)(NS(=O)(=O)N1CCCCCC1)c1ccccc1. The Morgan fingerprint density at radius 3 is 2.24 bits per heavy atom. The lowest BCUT2D eigenvalue weighted by atomic mass is 9.96. The van der Waals surface area contributed by atoms with Gasteiger partial charge in [0.15, 0.2) is 0 Å². The molecule has 1 unspecified atom stereocenters. The Bertz CT molecular complexity index is 542. The van der Waals surface area contributed by atoms with Crippen LogP contribution in [0.15, 0.2) is 30.3 Å². The van der Waals surface area contributed by atoms with E-state index >= 15 is 0 Å². The van der Waals surface area contributed by atoms with E-state index in [1.165, 1.54) is 0 Å². The Kier molecular flexibility index (Phi) is 5.82. The topological polar surface area (TPSA) is 49.4 Å². The Morgan fingerprint density at radius 1 is 1.14 bits per heavy atom. The van der Waals surface area contributed by atoms with Crippen molar-refractivity contribution >= 4 is 26.1 Å². The van der Waals surface area contributed by atoms with E-state index in [2.05, 4.69) is 20.7 Å². The summed E-state index contributed by atoms with van der Waals surface area (Å²) < 4.78 is 29.8. The number of nitrogens with one attached hydrogen (secondary N) is 1. The van der Waals surface area contributed by atoms with Crippen LogP contribution in [0.25, 0.3) is 0 Å². The van der Waals surface area contributed by atoms with Crippen LogP contribution in [0.1, 0.15) is 38.2 Å². The highest BCUT2D eigenvalue weighted by Crippen LogP contribution is 2.25. The molecular formula is C15H23BrN2O2S. The first-order valence-electron chi connectivity index (χ1n) is 7.38. The van der Waals surface area contributed by atoms with Gasteiger partial charge in [-0.2, -0.15) is 17.4 Å². The molecule has 2 rings (SSSR count). The van der Waals surface area contributed by atoms with Crippen LogP contribution in [-0.2, 0) is 15.7 Å². The van der Waals surface area contributed by atoms with Gasteiger partial charge in [0.2, 0.25) is 0 Å². The lowest BCUT2D eigenvalue weighted by Crippen LogP contribution is -2.51. The quantitative estimate of drug-likeness (QED) is 0.805. The van der Waals surface area contributed by atoms with Crippen molar-refractivity contribution in [3.8, 4) is 0 Å². The summed E-state index contributed by atoms with van der Waals surface area (Å²) in [6.45, 7) is 3.14. The summed E-state index contributed by atoms with van der Waals surface area (Å²) in [7, 11) is -3.47. The second-order valence-electron chi connectivity index (χ2n) is 5.75. The molecule has 0 aliphatic carbocycles. The third-order valence-electron chi connectivity index (χ3n) is 3.94. The molecule has 0 aromatic heterocycles. The average molecular weight is 375 g/mol. The fraction of sp³-hybridized carbons (Fsp3) is 0.600. The first-order chi connectivity index (χ1) is 9.98. The molecule has 1 N–H and O–H groups in total. The normalized spacial score (nSPS) is 20.7. The number of hydrogen-bond acceptors (Lipinski definition) is 2. The lowest BCUT2D eigenvalue weighted by Gasteiger charge is -2.32. The van der Waals surface area contributed by atoms with Gasteiger partial charge in [-0.1, -0.05) is 59.1 Å². The van der Waals surface area contributed by atoms with E-state index in [0.717, 1.165) is 31.2 Å². The maximum absolute atomic E-state index is 12.7. The molecular weight excluding hydrogens is 352 g/mol. The summed E-state index contributed by atoms with van der Waals surface area (Å²) in [5.41, 5.74) is 0.312. The molecule has 6 heteroatoms. The molecule has 1 aromatic rings. The zero-order valence-corrected chi connectivity index (χ0v) is 14.8. The average Bonchev–Trinajstić information content (AvgIpc) is 2.77. The standard InChI is InChI=1S/C15H23BrN2O2S/c1-15(13-16,14-9-5-4-6-10-14)17-21(19,20)18-11-7-2-3-8-12-18/h4-6,9-10,17H,2-3,7-8,11-13H2,1H3. The summed E-state index contributed by atoms with van der Waals surface area (Å²) in [6, 6.07) is 9.69. The first-order valence-corrected chi connectivity index (χ1v) is 9.95. The maximum atomic E-state index is 12.7. The molecule has 0 bridgehead atoms. The summed E-state index contributed by atoms with van der Waals surface area (Å²) in [5.74, 6) is 0. The molecule has 0 spiro atoms. The number of alkyl halides is 1. The van der Waals surface area contributed by atoms with E-state index < -0.39 is 15.7 Å². The molecule has 1 aliphatic rings. The minimum absolute atomic E-state index is 0.525. The van der Waals surface area contributed by atoms with Crippen LogP contribution in [0, 0.1) is 0 Å². The fourth-order valence-corrected chi connectivity index (χ4v) is 4.88. The van der Waals surface area contributed by atoms with Gasteiger partial charge in [-0.15, -0.1) is 0 Å². The molecule has 0 radical (unpaired) electrons. The molecule has 1 heterocycles. The molecule has 118 valence electrons. The van der Waals surface area contributed by atoms with Crippen LogP contribution < -0.4 is 4.72 Å². The van der Waals surface area contributed by atoms with Gasteiger partial charge in [0, 0.05) is 18.4 Å². The third kappa shape index (κ3) is 4.28. The molecule has 1 fully saturated rings. The minimum Gasteiger partial charge on any atom is -0.195 e. The number of nitrogens with zero attached hydrogens (tertiary/aromatic N) is 1. The van der Waals surface area contributed by atoms with Crippen molar-refractivity contribution in [1.29, 1.82) is 0 Å². The summed E-state index contributed by atoms with van der Waals surface area (Å²) in [5, 5.41) is 0.525. The van der Waals surface area contributed by atoms with E-state index in [4.69, 9.17) is 0 Å².